The van der Waals surface area contributed by atoms with Gasteiger partial charge in [0.2, 0.25) is 0 Å². The largest absolute Gasteiger partial charge is 0.479 e. The summed E-state index contributed by atoms with van der Waals surface area (Å²) in [6, 6.07) is 0. The quantitative estimate of drug-likeness (QED) is 0.122. The Morgan fingerprint density at radius 1 is 0.719 bits per heavy atom. The van der Waals surface area contributed by atoms with Crippen molar-refractivity contribution in [2.75, 3.05) is 13.2 Å². The number of hydrogen-bond donors (Lipinski definition) is 10. The summed E-state index contributed by atoms with van der Waals surface area (Å²) < 4.78 is 36.1. The summed E-state index contributed by atoms with van der Waals surface area (Å²) in [5.41, 5.74) is -0.0886. The molecule has 0 aromatic heterocycles. The molecule has 10 N–H and O–H groups in total. The SMILES string of the molecule is CC1OC(OC2C(OC3C(OC4CCC5(CO)C(CCC6(C)C5CC=C5C7CC(C)(C)CC(O)C7(C)CCC56C)C4(C)C)OC(C(=O)O)C(O)C3O)OCC(O)C2O)C(O)C(O)C1O. The number of aliphatic hydroxyl groups excluding tert-OH is 9. The lowest BCUT2D eigenvalue weighted by atomic mass is 9.33. The van der Waals surface area contributed by atoms with E-state index in [1.807, 2.05) is 0 Å². The van der Waals surface area contributed by atoms with Crippen molar-refractivity contribution in [2.24, 2.45) is 50.2 Å². The average molecular weight is 913 g/mol. The molecule has 17 heteroatoms. The van der Waals surface area contributed by atoms with Crippen LogP contribution in [0.3, 0.4) is 0 Å². The van der Waals surface area contributed by atoms with Crippen LogP contribution in [-0.2, 0) is 33.2 Å². The summed E-state index contributed by atoms with van der Waals surface area (Å²) in [4.78, 5) is 12.4. The topological polar surface area (TPSA) is 275 Å². The second kappa shape index (κ2) is 16.9. The molecular weight excluding hydrogens is 837 g/mol. The van der Waals surface area contributed by atoms with Crippen molar-refractivity contribution in [2.45, 2.75) is 211 Å². The number of carboxylic acids is 1. The van der Waals surface area contributed by atoms with E-state index in [1.165, 1.54) is 12.5 Å². The van der Waals surface area contributed by atoms with E-state index >= 15 is 0 Å². The lowest BCUT2D eigenvalue weighted by Crippen LogP contribution is -2.68. The van der Waals surface area contributed by atoms with Gasteiger partial charge in [0.25, 0.3) is 0 Å². The number of carboxylic acid groups (broad SMARTS) is 1. The highest BCUT2D eigenvalue weighted by atomic mass is 16.8. The predicted octanol–water partition coefficient (Wildman–Crippen LogP) is 1.34. The molecule has 23 atom stereocenters. The van der Waals surface area contributed by atoms with Crippen LogP contribution >= 0.6 is 0 Å². The Labute approximate surface area is 376 Å². The first-order chi connectivity index (χ1) is 29.8. The summed E-state index contributed by atoms with van der Waals surface area (Å²) in [6.45, 7) is 16.8. The maximum atomic E-state index is 12.4. The minimum Gasteiger partial charge on any atom is -0.479 e. The van der Waals surface area contributed by atoms with Crippen LogP contribution in [0.5, 0.6) is 0 Å². The number of ether oxygens (including phenoxy) is 6. The molecule has 3 heterocycles. The van der Waals surface area contributed by atoms with Gasteiger partial charge in [0.05, 0.1) is 24.9 Å². The minimum atomic E-state index is -1.99. The fourth-order valence-corrected chi connectivity index (χ4v) is 14.8. The van der Waals surface area contributed by atoms with Gasteiger partial charge in [-0.3, -0.25) is 0 Å². The second-order valence-electron chi connectivity index (χ2n) is 23.2. The summed E-state index contributed by atoms with van der Waals surface area (Å²) in [5.74, 6) is -1.19. The molecule has 4 saturated carbocycles. The van der Waals surface area contributed by atoms with Crippen molar-refractivity contribution in [1.82, 2.24) is 0 Å². The molecule has 3 saturated heterocycles. The molecule has 7 fully saturated rings. The highest BCUT2D eigenvalue weighted by Crippen LogP contribution is 2.76. The lowest BCUT2D eigenvalue weighted by Gasteiger charge is -2.72. The van der Waals surface area contributed by atoms with Crippen molar-refractivity contribution in [3.05, 3.63) is 11.6 Å². The smallest absolute Gasteiger partial charge is 0.335 e. The molecule has 0 radical (unpaired) electrons. The fourth-order valence-electron chi connectivity index (χ4n) is 14.8. The van der Waals surface area contributed by atoms with E-state index in [0.717, 1.165) is 44.9 Å². The summed E-state index contributed by atoms with van der Waals surface area (Å²) in [6.07, 6.45) is -14.5. The van der Waals surface area contributed by atoms with Crippen molar-refractivity contribution in [3.8, 4) is 0 Å². The van der Waals surface area contributed by atoms with Crippen molar-refractivity contribution in [3.63, 3.8) is 0 Å². The van der Waals surface area contributed by atoms with E-state index in [0.29, 0.717) is 12.8 Å². The third-order valence-corrected chi connectivity index (χ3v) is 19.0. The van der Waals surface area contributed by atoms with Gasteiger partial charge in [-0.1, -0.05) is 60.1 Å². The van der Waals surface area contributed by atoms with Gasteiger partial charge in [-0.05, 0) is 104 Å². The molecular formula is C47H76O17. The Kier molecular flexibility index (Phi) is 13.0. The molecule has 8 aliphatic rings. The number of rotatable bonds is 8. The molecule has 0 aromatic carbocycles. The van der Waals surface area contributed by atoms with Gasteiger partial charge in [-0.25, -0.2) is 4.79 Å². The second-order valence-corrected chi connectivity index (χ2v) is 23.2. The Morgan fingerprint density at radius 3 is 2.06 bits per heavy atom. The summed E-state index contributed by atoms with van der Waals surface area (Å²) >= 11 is 0. The number of hydrogen-bond acceptors (Lipinski definition) is 16. The molecule has 0 spiro atoms. The normalized spacial score (nSPS) is 54.6. The van der Waals surface area contributed by atoms with E-state index < -0.39 is 116 Å². The molecule has 5 aliphatic carbocycles. The number of carbonyl (C=O) groups is 1. The van der Waals surface area contributed by atoms with Gasteiger partial charge in [0.15, 0.2) is 25.0 Å². The van der Waals surface area contributed by atoms with Crippen LogP contribution in [0.1, 0.15) is 113 Å². The third-order valence-electron chi connectivity index (χ3n) is 19.0. The number of fused-ring (bicyclic) bond motifs is 7. The van der Waals surface area contributed by atoms with Crippen LogP contribution in [0, 0.1) is 50.2 Å². The van der Waals surface area contributed by atoms with E-state index in [1.54, 1.807) is 0 Å². The Morgan fingerprint density at radius 2 is 1.39 bits per heavy atom. The van der Waals surface area contributed by atoms with Gasteiger partial charge in [0.1, 0.15) is 54.9 Å². The Bertz CT molecular complexity index is 1760. The van der Waals surface area contributed by atoms with Gasteiger partial charge < -0.3 is 79.5 Å². The van der Waals surface area contributed by atoms with E-state index in [2.05, 4.69) is 54.5 Å². The summed E-state index contributed by atoms with van der Waals surface area (Å²) in [5, 5.41) is 109. The van der Waals surface area contributed by atoms with Gasteiger partial charge in [-0.2, -0.15) is 0 Å². The highest BCUT2D eigenvalue weighted by molar-refractivity contribution is 5.73. The minimum absolute atomic E-state index is 0.0161. The molecule has 366 valence electrons. The molecule has 0 aromatic rings. The van der Waals surface area contributed by atoms with Crippen LogP contribution in [0.25, 0.3) is 0 Å². The molecule has 0 amide bonds. The van der Waals surface area contributed by atoms with Crippen LogP contribution in [-0.4, -0.2) is 168 Å². The monoisotopic (exact) mass is 913 g/mol. The van der Waals surface area contributed by atoms with Crippen molar-refractivity contribution >= 4 is 5.97 Å². The average Bonchev–Trinajstić information content (AvgIpc) is 3.22. The molecule has 64 heavy (non-hydrogen) atoms. The standard InChI is InChI=1S/C47H76O17/c1-21-29(51)31(53)34(56)39(60-21)63-36-30(52)24(49)19-59-40(36)64-37-33(55)32(54)35(38(57)58)62-41(37)61-28-12-14-47(20-48)25(43(28,4)5)11-13-46(8)26(47)10-9-22-23-17-42(2,3)18-27(50)44(23,6)15-16-45(22,46)7/h9,21,23-37,39-41,48-56H,10-20H2,1-8H3,(H,57,58). The Hall–Kier alpha value is -1.39. The molecule has 3 aliphatic heterocycles. The van der Waals surface area contributed by atoms with Crippen molar-refractivity contribution < 1.29 is 84.3 Å². The zero-order chi connectivity index (χ0) is 46.9. The maximum absolute atomic E-state index is 12.4. The van der Waals surface area contributed by atoms with E-state index in [4.69, 9.17) is 28.4 Å². The fraction of sp³-hybridized carbons (Fsp3) is 0.936. The summed E-state index contributed by atoms with van der Waals surface area (Å²) in [7, 11) is 0. The first-order valence-electron chi connectivity index (χ1n) is 23.7. The van der Waals surface area contributed by atoms with Gasteiger partial charge in [-0.15, -0.1) is 0 Å². The Balaban J connectivity index is 1.06. The van der Waals surface area contributed by atoms with Crippen LogP contribution in [0.15, 0.2) is 11.6 Å². The van der Waals surface area contributed by atoms with Gasteiger partial charge >= 0.3 is 5.97 Å². The van der Waals surface area contributed by atoms with E-state index in [9.17, 15) is 55.9 Å². The molecule has 8 rings (SSSR count). The lowest BCUT2D eigenvalue weighted by molar-refractivity contribution is -0.386. The number of aliphatic hydroxyl groups is 9. The number of aliphatic carboxylic acids is 1. The first-order valence-corrected chi connectivity index (χ1v) is 23.7. The zero-order valence-electron chi connectivity index (χ0n) is 38.7. The van der Waals surface area contributed by atoms with Crippen molar-refractivity contribution in [1.29, 1.82) is 0 Å². The predicted molar refractivity (Wildman–Crippen MR) is 225 cm³/mol. The maximum Gasteiger partial charge on any atom is 0.335 e. The van der Waals surface area contributed by atoms with Gasteiger partial charge in [0, 0.05) is 17.4 Å². The third kappa shape index (κ3) is 7.49. The van der Waals surface area contributed by atoms with Crippen LogP contribution in [0.4, 0.5) is 0 Å². The molecule has 23 unspecified atom stereocenters. The van der Waals surface area contributed by atoms with Crippen LogP contribution < -0.4 is 0 Å². The molecule has 0 bridgehead atoms. The highest BCUT2D eigenvalue weighted by Gasteiger charge is 2.70. The zero-order valence-corrected chi connectivity index (χ0v) is 38.7. The first kappa shape index (κ1) is 49.0. The number of allylic oxidation sites excluding steroid dienone is 2. The van der Waals surface area contributed by atoms with Crippen LogP contribution in [0.2, 0.25) is 0 Å². The van der Waals surface area contributed by atoms with E-state index in [-0.39, 0.29) is 52.1 Å². The molecule has 17 nitrogen and oxygen atoms in total.